The van der Waals surface area contributed by atoms with Crippen molar-refractivity contribution in [3.63, 3.8) is 0 Å². The third-order valence-electron chi connectivity index (χ3n) is 4.95. The first-order valence-corrected chi connectivity index (χ1v) is 9.83. The Hall–Kier alpha value is -2.54. The number of piperidine rings is 1. The number of fused-ring (bicyclic) bond motifs is 1. The molecule has 3 aromatic rings. The molecule has 4 rings (SSSR count). The first-order chi connectivity index (χ1) is 13.0. The number of thiazole rings is 1. The van der Waals surface area contributed by atoms with Gasteiger partial charge in [-0.2, -0.15) is 0 Å². The van der Waals surface area contributed by atoms with E-state index in [4.69, 9.17) is 4.98 Å². The van der Waals surface area contributed by atoms with Gasteiger partial charge in [0.05, 0.1) is 5.69 Å². The average molecular weight is 384 g/mol. The molecule has 0 saturated carbocycles. The maximum atomic E-state index is 14.0. The Morgan fingerprint density at radius 3 is 2.59 bits per heavy atom. The maximum Gasteiger partial charge on any atom is 0.225 e. The molecule has 2 aromatic heterocycles. The number of hydrogen-bond donors (Lipinski definition) is 0. The maximum absolute atomic E-state index is 14.0. The first kappa shape index (κ1) is 17.9. The van der Waals surface area contributed by atoms with E-state index >= 15 is 0 Å². The number of nitrogens with zero attached hydrogens (tertiary/aromatic N) is 4. The largest absolute Gasteiger partial charge is 0.349 e. The van der Waals surface area contributed by atoms with Gasteiger partial charge in [-0.05, 0) is 37.1 Å². The minimum Gasteiger partial charge on any atom is -0.349 e. The minimum absolute atomic E-state index is 0.0939. The van der Waals surface area contributed by atoms with Crippen LogP contribution in [-0.4, -0.2) is 48.0 Å². The summed E-state index contributed by atoms with van der Waals surface area (Å²) >= 11 is 1.52. The number of benzene rings is 1. The normalized spacial score (nSPS) is 15.3. The lowest BCUT2D eigenvalue weighted by Gasteiger charge is -2.32. The van der Waals surface area contributed by atoms with Crippen LogP contribution in [0, 0.1) is 11.7 Å². The summed E-state index contributed by atoms with van der Waals surface area (Å²) in [6, 6.07) is 10.4. The van der Waals surface area contributed by atoms with Gasteiger partial charge in [-0.1, -0.05) is 23.5 Å². The van der Waals surface area contributed by atoms with Crippen LogP contribution in [-0.2, 0) is 4.79 Å². The summed E-state index contributed by atoms with van der Waals surface area (Å²) in [5.41, 5.74) is 1.94. The van der Waals surface area contributed by atoms with Crippen molar-refractivity contribution in [1.82, 2.24) is 14.9 Å². The van der Waals surface area contributed by atoms with Crippen LogP contribution in [0.15, 0.2) is 36.4 Å². The molecular weight excluding hydrogens is 363 g/mol. The molecule has 1 saturated heterocycles. The van der Waals surface area contributed by atoms with Crippen LogP contribution in [0.25, 0.3) is 21.6 Å². The monoisotopic (exact) mass is 384 g/mol. The third kappa shape index (κ3) is 3.51. The second kappa shape index (κ2) is 7.23. The highest BCUT2D eigenvalue weighted by Gasteiger charge is 2.27. The van der Waals surface area contributed by atoms with Gasteiger partial charge in [0.2, 0.25) is 5.91 Å². The van der Waals surface area contributed by atoms with E-state index in [9.17, 15) is 9.18 Å². The Kier molecular flexibility index (Phi) is 4.78. The molecule has 3 heterocycles. The number of amides is 1. The Morgan fingerprint density at radius 2 is 1.89 bits per heavy atom. The Bertz CT molecular complexity index is 979. The first-order valence-electron chi connectivity index (χ1n) is 9.01. The fraction of sp³-hybridized carbons (Fsp3) is 0.350. The molecule has 0 unspecified atom stereocenters. The molecule has 0 aliphatic carbocycles. The summed E-state index contributed by atoms with van der Waals surface area (Å²) < 4.78 is 14.0. The van der Waals surface area contributed by atoms with E-state index in [0.29, 0.717) is 11.3 Å². The van der Waals surface area contributed by atoms with Gasteiger partial charge in [0.15, 0.2) is 5.13 Å². The van der Waals surface area contributed by atoms with Crippen LogP contribution < -0.4 is 4.90 Å². The van der Waals surface area contributed by atoms with Crippen molar-refractivity contribution < 1.29 is 9.18 Å². The van der Waals surface area contributed by atoms with Gasteiger partial charge in [0.1, 0.15) is 16.2 Å². The summed E-state index contributed by atoms with van der Waals surface area (Å²) in [7, 11) is 3.61. The fourth-order valence-electron chi connectivity index (χ4n) is 3.44. The number of anilines is 1. The van der Waals surface area contributed by atoms with Crippen molar-refractivity contribution in [3.8, 4) is 11.3 Å². The van der Waals surface area contributed by atoms with Crippen LogP contribution >= 0.6 is 11.3 Å². The van der Waals surface area contributed by atoms with Crippen molar-refractivity contribution in [1.29, 1.82) is 0 Å². The summed E-state index contributed by atoms with van der Waals surface area (Å²) in [5.74, 6) is 0.0216. The van der Waals surface area contributed by atoms with E-state index in [1.807, 2.05) is 18.2 Å². The van der Waals surface area contributed by atoms with Gasteiger partial charge in [0, 0.05) is 38.7 Å². The third-order valence-corrected chi connectivity index (χ3v) is 5.98. The molecule has 7 heteroatoms. The topological polar surface area (TPSA) is 49.3 Å². The zero-order chi connectivity index (χ0) is 19.0. The van der Waals surface area contributed by atoms with Gasteiger partial charge in [-0.15, -0.1) is 0 Å². The molecule has 0 bridgehead atoms. The van der Waals surface area contributed by atoms with Crippen LogP contribution in [0.1, 0.15) is 12.8 Å². The second-order valence-electron chi connectivity index (χ2n) is 6.99. The standard InChI is InChI=1S/C20H21FN4OS/c1-24(2)19(26)13-9-11-25(12-10-13)20-23-17-8-7-16(22-18(17)27-20)14-5-3-4-6-15(14)21/h3-8,13H,9-12H2,1-2H3. The van der Waals surface area contributed by atoms with Gasteiger partial charge in [-0.3, -0.25) is 4.79 Å². The van der Waals surface area contributed by atoms with Gasteiger partial charge < -0.3 is 9.80 Å². The molecular formula is C20H21FN4OS. The predicted octanol–water partition coefficient (Wildman–Crippen LogP) is 3.80. The average Bonchev–Trinajstić information content (AvgIpc) is 3.11. The zero-order valence-corrected chi connectivity index (χ0v) is 16.2. The van der Waals surface area contributed by atoms with Crippen molar-refractivity contribution in [2.45, 2.75) is 12.8 Å². The molecule has 1 amide bonds. The van der Waals surface area contributed by atoms with Gasteiger partial charge in [0.25, 0.3) is 0 Å². The minimum atomic E-state index is -0.276. The molecule has 140 valence electrons. The molecule has 1 aromatic carbocycles. The molecule has 1 aliphatic heterocycles. The summed E-state index contributed by atoms with van der Waals surface area (Å²) in [6.07, 6.45) is 1.67. The number of halogens is 1. The van der Waals surface area contributed by atoms with Gasteiger partial charge in [-0.25, -0.2) is 14.4 Å². The number of carbonyl (C=O) groups is 1. The van der Waals surface area contributed by atoms with E-state index in [-0.39, 0.29) is 17.6 Å². The predicted molar refractivity (Wildman–Crippen MR) is 106 cm³/mol. The second-order valence-corrected chi connectivity index (χ2v) is 7.95. The van der Waals surface area contributed by atoms with E-state index < -0.39 is 0 Å². The highest BCUT2D eigenvalue weighted by molar-refractivity contribution is 7.21. The number of rotatable bonds is 3. The molecule has 5 nitrogen and oxygen atoms in total. The van der Waals surface area contributed by atoms with Crippen LogP contribution in [0.2, 0.25) is 0 Å². The van der Waals surface area contributed by atoms with Crippen molar-refractivity contribution >= 4 is 32.7 Å². The number of pyridine rings is 1. The smallest absolute Gasteiger partial charge is 0.225 e. The van der Waals surface area contributed by atoms with E-state index in [1.165, 1.54) is 17.4 Å². The molecule has 1 aliphatic rings. The van der Waals surface area contributed by atoms with E-state index in [2.05, 4.69) is 9.88 Å². The van der Waals surface area contributed by atoms with Crippen LogP contribution in [0.3, 0.4) is 0 Å². The van der Waals surface area contributed by atoms with Crippen LogP contribution in [0.4, 0.5) is 9.52 Å². The Balaban J connectivity index is 1.55. The van der Waals surface area contributed by atoms with Crippen molar-refractivity contribution in [2.75, 3.05) is 32.1 Å². The molecule has 0 radical (unpaired) electrons. The van der Waals surface area contributed by atoms with Crippen LogP contribution in [0.5, 0.6) is 0 Å². The molecule has 0 atom stereocenters. The number of carbonyl (C=O) groups excluding carboxylic acids is 1. The van der Waals surface area contributed by atoms with E-state index in [0.717, 1.165) is 41.4 Å². The lowest BCUT2D eigenvalue weighted by molar-refractivity contribution is -0.133. The Labute approximate surface area is 161 Å². The zero-order valence-electron chi connectivity index (χ0n) is 15.4. The molecule has 27 heavy (non-hydrogen) atoms. The molecule has 0 spiro atoms. The lowest BCUT2D eigenvalue weighted by atomic mass is 9.96. The SMILES string of the molecule is CN(C)C(=O)C1CCN(c2nc3ccc(-c4ccccc4F)nc3s2)CC1. The molecule has 0 N–H and O–H groups in total. The summed E-state index contributed by atoms with van der Waals surface area (Å²) in [4.78, 5) is 26.1. The molecule has 1 fully saturated rings. The summed E-state index contributed by atoms with van der Waals surface area (Å²) in [5, 5.41) is 0.916. The van der Waals surface area contributed by atoms with Gasteiger partial charge >= 0.3 is 0 Å². The quantitative estimate of drug-likeness (QED) is 0.689. The Morgan fingerprint density at radius 1 is 1.15 bits per heavy atom. The highest BCUT2D eigenvalue weighted by atomic mass is 32.1. The number of aromatic nitrogens is 2. The van der Waals surface area contributed by atoms with E-state index in [1.54, 1.807) is 31.1 Å². The highest BCUT2D eigenvalue weighted by Crippen LogP contribution is 2.32. The lowest BCUT2D eigenvalue weighted by Crippen LogP contribution is -2.40. The summed E-state index contributed by atoms with van der Waals surface area (Å²) in [6.45, 7) is 1.62. The number of hydrogen-bond acceptors (Lipinski definition) is 5. The fourth-order valence-corrected chi connectivity index (χ4v) is 4.43. The van der Waals surface area contributed by atoms with Crippen molar-refractivity contribution in [2.24, 2.45) is 5.92 Å². The van der Waals surface area contributed by atoms with Crippen molar-refractivity contribution in [3.05, 3.63) is 42.2 Å².